The highest BCUT2D eigenvalue weighted by Crippen LogP contribution is 2.25. The van der Waals surface area contributed by atoms with Crippen molar-refractivity contribution in [2.75, 3.05) is 49.0 Å². The maximum absolute atomic E-state index is 5.57. The molecule has 0 saturated carbocycles. The fourth-order valence-corrected chi connectivity index (χ4v) is 2.90. The van der Waals surface area contributed by atoms with Gasteiger partial charge in [-0.05, 0) is 38.4 Å². The number of hydrogen-bond acceptors (Lipinski definition) is 5. The molecule has 7 nitrogen and oxygen atoms in total. The summed E-state index contributed by atoms with van der Waals surface area (Å²) in [6, 6.07) is 9.83. The first-order valence-corrected chi connectivity index (χ1v) is 8.82. The molecule has 0 aliphatic carbocycles. The molecule has 0 aliphatic rings. The summed E-state index contributed by atoms with van der Waals surface area (Å²) in [7, 11) is 11.1. The topological polar surface area (TPSA) is 62.5 Å². The molecule has 2 aromatic rings. The lowest BCUT2D eigenvalue weighted by molar-refractivity contribution is 0.256. The molecule has 1 heterocycles. The molecular weight excluding hydrogens is 344 g/mol. The highest BCUT2D eigenvalue weighted by molar-refractivity contribution is 5.79. The van der Waals surface area contributed by atoms with Gasteiger partial charge in [0.2, 0.25) is 0 Å². The summed E-state index contributed by atoms with van der Waals surface area (Å²) in [6.45, 7) is 1.33. The fourth-order valence-electron chi connectivity index (χ4n) is 2.90. The number of guanidine groups is 1. The third-order valence-corrected chi connectivity index (χ3v) is 4.42. The van der Waals surface area contributed by atoms with Crippen LogP contribution in [-0.2, 0) is 6.54 Å². The molecule has 1 aromatic heterocycles. The average molecular weight is 374 g/mol. The summed E-state index contributed by atoms with van der Waals surface area (Å²) in [4.78, 5) is 8.57. The van der Waals surface area contributed by atoms with Crippen LogP contribution in [0, 0.1) is 0 Å². The third-order valence-electron chi connectivity index (χ3n) is 4.42. The van der Waals surface area contributed by atoms with E-state index in [4.69, 9.17) is 13.9 Å². The second kappa shape index (κ2) is 9.87. The molecule has 1 N–H and O–H groups in total. The van der Waals surface area contributed by atoms with Crippen molar-refractivity contribution in [3.63, 3.8) is 0 Å². The van der Waals surface area contributed by atoms with Crippen molar-refractivity contribution in [2.24, 2.45) is 4.99 Å². The molecule has 0 saturated heterocycles. The van der Waals surface area contributed by atoms with Crippen LogP contribution in [0.1, 0.15) is 17.4 Å². The van der Waals surface area contributed by atoms with E-state index in [9.17, 15) is 0 Å². The van der Waals surface area contributed by atoms with Gasteiger partial charge in [-0.15, -0.1) is 0 Å². The molecule has 0 fully saturated rings. The van der Waals surface area contributed by atoms with Gasteiger partial charge in [-0.3, -0.25) is 9.89 Å². The Labute approximate surface area is 161 Å². The Morgan fingerprint density at radius 3 is 2.52 bits per heavy atom. The predicted molar refractivity (Wildman–Crippen MR) is 108 cm³/mol. The minimum Gasteiger partial charge on any atom is -0.497 e. The van der Waals surface area contributed by atoms with E-state index in [-0.39, 0.29) is 6.04 Å². The average Bonchev–Trinajstić information content (AvgIpc) is 3.19. The number of nitrogens with zero attached hydrogens (tertiary/aromatic N) is 3. The number of nitrogens with one attached hydrogen (secondary N) is 1. The van der Waals surface area contributed by atoms with E-state index in [2.05, 4.69) is 20.1 Å². The van der Waals surface area contributed by atoms with E-state index >= 15 is 0 Å². The van der Waals surface area contributed by atoms with Crippen LogP contribution in [0.15, 0.2) is 46.0 Å². The zero-order valence-corrected chi connectivity index (χ0v) is 17.0. The van der Waals surface area contributed by atoms with Crippen molar-refractivity contribution in [3.05, 3.63) is 47.9 Å². The zero-order valence-electron chi connectivity index (χ0n) is 17.0. The number of hydrogen-bond donors (Lipinski definition) is 1. The van der Waals surface area contributed by atoms with Crippen molar-refractivity contribution < 1.29 is 13.9 Å². The summed E-state index contributed by atoms with van der Waals surface area (Å²) < 4.78 is 16.3. The number of aliphatic imine (C=N–C) groups is 1. The lowest BCUT2D eigenvalue weighted by Gasteiger charge is -2.27. The van der Waals surface area contributed by atoms with Crippen LogP contribution in [0.2, 0.25) is 0 Å². The van der Waals surface area contributed by atoms with Gasteiger partial charge < -0.3 is 24.1 Å². The van der Waals surface area contributed by atoms with E-state index in [1.165, 1.54) is 0 Å². The van der Waals surface area contributed by atoms with Crippen LogP contribution >= 0.6 is 0 Å². The molecule has 0 radical (unpaired) electrons. The van der Waals surface area contributed by atoms with Crippen molar-refractivity contribution in [1.29, 1.82) is 0 Å². The quantitative estimate of drug-likeness (QED) is 0.566. The molecule has 2 rings (SSSR count). The van der Waals surface area contributed by atoms with Gasteiger partial charge in [0.1, 0.15) is 17.3 Å². The van der Waals surface area contributed by atoms with Gasteiger partial charge in [0.05, 0.1) is 26.5 Å². The van der Waals surface area contributed by atoms with Crippen molar-refractivity contribution in [1.82, 2.24) is 15.1 Å². The number of likely N-dealkylation sites (N-methyl/N-ethyl adjacent to an activating group) is 1. The van der Waals surface area contributed by atoms with E-state index in [1.54, 1.807) is 27.5 Å². The Morgan fingerprint density at radius 1 is 1.19 bits per heavy atom. The zero-order chi connectivity index (χ0) is 19.8. The Kier molecular flexibility index (Phi) is 7.55. The maximum Gasteiger partial charge on any atom is 0.193 e. The molecule has 0 amide bonds. The van der Waals surface area contributed by atoms with Gasteiger partial charge >= 0.3 is 0 Å². The monoisotopic (exact) mass is 374 g/mol. The minimum absolute atomic E-state index is 0.112. The minimum atomic E-state index is 0.112. The van der Waals surface area contributed by atoms with Gasteiger partial charge in [-0.1, -0.05) is 0 Å². The molecule has 1 unspecified atom stereocenters. The maximum atomic E-state index is 5.57. The standard InChI is InChI=1S/C20H30N4O3/c1-21-20(22-13-17(23(2)3)18-8-7-11-27-18)24(4)14-15-9-10-16(25-5)12-19(15)26-6/h7-12,17H,13-14H2,1-6H3,(H,21,22). The second-order valence-corrected chi connectivity index (χ2v) is 6.46. The Morgan fingerprint density at radius 2 is 1.96 bits per heavy atom. The molecule has 0 bridgehead atoms. The molecule has 7 heteroatoms. The Hall–Kier alpha value is -2.67. The highest BCUT2D eigenvalue weighted by Gasteiger charge is 2.18. The Balaban J connectivity index is 2.04. The third kappa shape index (κ3) is 5.40. The second-order valence-electron chi connectivity index (χ2n) is 6.46. The van der Waals surface area contributed by atoms with Crippen LogP contribution in [0.25, 0.3) is 0 Å². The lowest BCUT2D eigenvalue weighted by atomic mass is 10.2. The molecule has 148 valence electrons. The smallest absolute Gasteiger partial charge is 0.193 e. The summed E-state index contributed by atoms with van der Waals surface area (Å²) in [5.74, 6) is 3.28. The van der Waals surface area contributed by atoms with Crippen molar-refractivity contribution >= 4 is 5.96 Å². The number of ether oxygens (including phenoxy) is 2. The van der Waals surface area contributed by atoms with Gasteiger partial charge in [-0.2, -0.15) is 0 Å². The highest BCUT2D eigenvalue weighted by atomic mass is 16.5. The summed E-state index contributed by atoms with van der Waals surface area (Å²) >= 11 is 0. The van der Waals surface area contributed by atoms with Crippen molar-refractivity contribution in [3.8, 4) is 11.5 Å². The van der Waals surface area contributed by atoms with E-state index < -0.39 is 0 Å². The SMILES string of the molecule is CN=C(NCC(c1ccco1)N(C)C)N(C)Cc1ccc(OC)cc1OC. The van der Waals surface area contributed by atoms with Crippen LogP contribution in [-0.4, -0.2) is 64.7 Å². The number of benzene rings is 1. The first-order chi connectivity index (χ1) is 13.0. The molecule has 0 aliphatic heterocycles. The first kappa shape index (κ1) is 20.6. The molecule has 1 aromatic carbocycles. The van der Waals surface area contributed by atoms with Gasteiger partial charge in [0, 0.05) is 38.8 Å². The largest absolute Gasteiger partial charge is 0.497 e. The summed E-state index contributed by atoms with van der Waals surface area (Å²) in [5.41, 5.74) is 1.05. The van der Waals surface area contributed by atoms with Crippen molar-refractivity contribution in [2.45, 2.75) is 12.6 Å². The van der Waals surface area contributed by atoms with E-state index in [1.807, 2.05) is 51.5 Å². The lowest BCUT2D eigenvalue weighted by Crippen LogP contribution is -2.42. The van der Waals surface area contributed by atoms with Crippen LogP contribution in [0.3, 0.4) is 0 Å². The Bertz CT molecular complexity index is 729. The predicted octanol–water partition coefficient (Wildman–Crippen LogP) is 2.61. The van der Waals surface area contributed by atoms with Gasteiger partial charge in [0.15, 0.2) is 5.96 Å². The summed E-state index contributed by atoms with van der Waals surface area (Å²) in [5, 5.41) is 3.43. The normalized spacial score (nSPS) is 12.8. The number of furan rings is 1. The molecule has 27 heavy (non-hydrogen) atoms. The molecule has 1 atom stereocenters. The van der Waals surface area contributed by atoms with Crippen LogP contribution < -0.4 is 14.8 Å². The summed E-state index contributed by atoms with van der Waals surface area (Å²) in [6.07, 6.45) is 1.70. The number of rotatable bonds is 8. The fraction of sp³-hybridized carbons (Fsp3) is 0.450. The van der Waals surface area contributed by atoms with Crippen LogP contribution in [0.5, 0.6) is 11.5 Å². The molecular formula is C20H30N4O3. The van der Waals surface area contributed by atoms with Gasteiger partial charge in [-0.25, -0.2) is 0 Å². The number of methoxy groups -OCH3 is 2. The van der Waals surface area contributed by atoms with E-state index in [0.717, 1.165) is 28.8 Å². The van der Waals surface area contributed by atoms with Gasteiger partial charge in [0.25, 0.3) is 0 Å². The van der Waals surface area contributed by atoms with Crippen LogP contribution in [0.4, 0.5) is 0 Å². The van der Waals surface area contributed by atoms with E-state index in [0.29, 0.717) is 13.1 Å². The molecule has 0 spiro atoms. The first-order valence-electron chi connectivity index (χ1n) is 8.82.